The van der Waals surface area contributed by atoms with E-state index in [0.29, 0.717) is 5.82 Å². The molecule has 2 aromatic carbocycles. The van der Waals surface area contributed by atoms with Gasteiger partial charge in [0.05, 0.1) is 0 Å². The van der Waals surface area contributed by atoms with Crippen LogP contribution in [0.2, 0.25) is 0 Å². The summed E-state index contributed by atoms with van der Waals surface area (Å²) < 4.78 is 0. The first kappa shape index (κ1) is 14.4. The van der Waals surface area contributed by atoms with Crippen molar-refractivity contribution >= 4 is 29.6 Å². The van der Waals surface area contributed by atoms with E-state index in [1.54, 1.807) is 18.0 Å². The highest BCUT2D eigenvalue weighted by molar-refractivity contribution is 7.99. The molecule has 0 saturated heterocycles. The molecule has 0 saturated carbocycles. The maximum atomic E-state index is 5.69. The van der Waals surface area contributed by atoms with Gasteiger partial charge >= 0.3 is 0 Å². The summed E-state index contributed by atoms with van der Waals surface area (Å²) in [7, 11) is 0. The second-order valence-electron chi connectivity index (χ2n) is 4.67. The van der Waals surface area contributed by atoms with E-state index in [-0.39, 0.29) is 0 Å². The molecular weight excluding hydrogens is 290 g/mol. The van der Waals surface area contributed by atoms with Crippen LogP contribution in [0.3, 0.4) is 0 Å². The van der Waals surface area contributed by atoms with Crippen LogP contribution in [0.4, 0.5) is 5.69 Å². The van der Waals surface area contributed by atoms with Crippen molar-refractivity contribution in [2.24, 2.45) is 0 Å². The van der Waals surface area contributed by atoms with E-state index >= 15 is 0 Å². The lowest BCUT2D eigenvalue weighted by Gasteiger charge is -2.02. The molecule has 0 bridgehead atoms. The Morgan fingerprint density at radius 2 is 1.64 bits per heavy atom. The molecule has 0 fully saturated rings. The van der Waals surface area contributed by atoms with Gasteiger partial charge in [0, 0.05) is 16.8 Å². The van der Waals surface area contributed by atoms with Gasteiger partial charge in [0.1, 0.15) is 5.03 Å². The number of rotatable bonds is 4. The van der Waals surface area contributed by atoms with Gasteiger partial charge in [0.2, 0.25) is 0 Å². The molecule has 1 heterocycles. The first-order chi connectivity index (χ1) is 10.8. The van der Waals surface area contributed by atoms with Crippen LogP contribution in [0.15, 0.2) is 76.8 Å². The van der Waals surface area contributed by atoms with Crippen molar-refractivity contribution in [3.8, 4) is 0 Å². The van der Waals surface area contributed by atoms with Gasteiger partial charge in [-0.2, -0.15) is 0 Å². The fourth-order valence-corrected chi connectivity index (χ4v) is 2.67. The van der Waals surface area contributed by atoms with Gasteiger partial charge in [-0.1, -0.05) is 48.2 Å². The lowest BCUT2D eigenvalue weighted by molar-refractivity contribution is 1.02. The molecule has 2 N–H and O–H groups in total. The minimum absolute atomic E-state index is 0.698. The maximum absolute atomic E-state index is 5.69. The summed E-state index contributed by atoms with van der Waals surface area (Å²) in [6.07, 6.45) is 5.70. The van der Waals surface area contributed by atoms with E-state index in [0.717, 1.165) is 21.2 Å². The summed E-state index contributed by atoms with van der Waals surface area (Å²) in [5.41, 5.74) is 7.58. The molecular formula is C18H15N3S. The number of nitrogens with zero attached hydrogens (tertiary/aromatic N) is 2. The fourth-order valence-electron chi connectivity index (χ4n) is 1.89. The second kappa shape index (κ2) is 6.91. The predicted octanol–water partition coefficient (Wildman–Crippen LogP) is 4.38. The van der Waals surface area contributed by atoms with Crippen LogP contribution >= 0.6 is 11.8 Å². The fraction of sp³-hybridized carbons (Fsp3) is 0. The Bertz CT molecular complexity index is 768. The van der Waals surface area contributed by atoms with Gasteiger partial charge in [-0.25, -0.2) is 9.97 Å². The summed E-state index contributed by atoms with van der Waals surface area (Å²) in [4.78, 5) is 9.92. The van der Waals surface area contributed by atoms with E-state index < -0.39 is 0 Å². The minimum Gasteiger partial charge on any atom is -0.399 e. The summed E-state index contributed by atoms with van der Waals surface area (Å²) in [5, 5.41) is 0.910. The van der Waals surface area contributed by atoms with Crippen molar-refractivity contribution in [2.75, 3.05) is 5.73 Å². The molecule has 0 spiro atoms. The van der Waals surface area contributed by atoms with E-state index in [2.05, 4.69) is 9.97 Å². The average Bonchev–Trinajstić information content (AvgIpc) is 2.57. The highest BCUT2D eigenvalue weighted by atomic mass is 32.2. The van der Waals surface area contributed by atoms with Crippen molar-refractivity contribution in [3.63, 3.8) is 0 Å². The summed E-state index contributed by atoms with van der Waals surface area (Å²) >= 11 is 1.59. The molecule has 22 heavy (non-hydrogen) atoms. The Morgan fingerprint density at radius 1 is 0.864 bits per heavy atom. The zero-order valence-electron chi connectivity index (χ0n) is 11.9. The van der Waals surface area contributed by atoms with Crippen LogP contribution in [0.1, 0.15) is 11.4 Å². The Labute approximate surface area is 133 Å². The lowest BCUT2D eigenvalue weighted by atomic mass is 10.2. The number of hydrogen-bond acceptors (Lipinski definition) is 4. The maximum Gasteiger partial charge on any atom is 0.153 e. The van der Waals surface area contributed by atoms with Crippen molar-refractivity contribution in [2.45, 2.75) is 9.92 Å². The topological polar surface area (TPSA) is 51.8 Å². The van der Waals surface area contributed by atoms with Gasteiger partial charge in [0.25, 0.3) is 0 Å². The summed E-state index contributed by atoms with van der Waals surface area (Å²) in [6, 6.07) is 19.8. The third-order valence-corrected chi connectivity index (χ3v) is 3.92. The summed E-state index contributed by atoms with van der Waals surface area (Å²) in [5.74, 6) is 0.698. The summed E-state index contributed by atoms with van der Waals surface area (Å²) in [6.45, 7) is 0. The molecule has 3 rings (SSSR count). The molecule has 4 heteroatoms. The Balaban J connectivity index is 1.75. The first-order valence-electron chi connectivity index (χ1n) is 6.89. The van der Waals surface area contributed by atoms with Crippen molar-refractivity contribution < 1.29 is 0 Å². The molecule has 0 aliphatic heterocycles. The molecule has 0 aliphatic rings. The van der Waals surface area contributed by atoms with E-state index in [1.165, 1.54) is 0 Å². The monoisotopic (exact) mass is 305 g/mol. The zero-order valence-corrected chi connectivity index (χ0v) is 12.7. The molecule has 1 aromatic heterocycles. The predicted molar refractivity (Wildman–Crippen MR) is 92.4 cm³/mol. The standard InChI is InChI=1S/C18H15N3S/c19-15-7-9-16(10-8-15)22-18-12-13-20-17(21-18)11-6-14-4-2-1-3-5-14/h1-13H,19H2. The average molecular weight is 305 g/mol. The Morgan fingerprint density at radius 3 is 2.41 bits per heavy atom. The van der Waals surface area contributed by atoms with Crippen LogP contribution in [0, 0.1) is 0 Å². The quantitative estimate of drug-likeness (QED) is 0.574. The number of nitrogens with two attached hydrogens (primary N) is 1. The molecule has 3 nitrogen and oxygen atoms in total. The van der Waals surface area contributed by atoms with E-state index in [9.17, 15) is 0 Å². The highest BCUT2D eigenvalue weighted by Crippen LogP contribution is 2.26. The lowest BCUT2D eigenvalue weighted by Crippen LogP contribution is -1.89. The molecule has 0 radical (unpaired) electrons. The van der Waals surface area contributed by atoms with E-state index in [4.69, 9.17) is 5.73 Å². The Hall–Kier alpha value is -2.59. The number of nitrogen functional groups attached to an aromatic ring is 1. The van der Waals surface area contributed by atoms with Crippen molar-refractivity contribution in [1.29, 1.82) is 0 Å². The van der Waals surface area contributed by atoms with Crippen LogP contribution in [-0.2, 0) is 0 Å². The van der Waals surface area contributed by atoms with Crippen molar-refractivity contribution in [3.05, 3.63) is 78.2 Å². The van der Waals surface area contributed by atoms with Crippen molar-refractivity contribution in [1.82, 2.24) is 9.97 Å². The minimum atomic E-state index is 0.698. The van der Waals surface area contributed by atoms with Gasteiger partial charge in [0.15, 0.2) is 5.82 Å². The number of benzene rings is 2. The van der Waals surface area contributed by atoms with Crippen LogP contribution in [0.25, 0.3) is 12.2 Å². The largest absolute Gasteiger partial charge is 0.399 e. The molecule has 0 unspecified atom stereocenters. The Kier molecular flexibility index (Phi) is 4.51. The molecule has 0 atom stereocenters. The van der Waals surface area contributed by atoms with Crippen LogP contribution < -0.4 is 5.73 Å². The third-order valence-electron chi connectivity index (χ3n) is 2.98. The van der Waals surface area contributed by atoms with Crippen LogP contribution in [0.5, 0.6) is 0 Å². The SMILES string of the molecule is Nc1ccc(Sc2ccnc(C=Cc3ccccc3)n2)cc1. The van der Waals surface area contributed by atoms with E-state index in [1.807, 2.05) is 72.8 Å². The highest BCUT2D eigenvalue weighted by Gasteiger charge is 2.00. The normalized spacial score (nSPS) is 10.9. The second-order valence-corrected chi connectivity index (χ2v) is 5.76. The first-order valence-corrected chi connectivity index (χ1v) is 7.71. The van der Waals surface area contributed by atoms with Gasteiger partial charge < -0.3 is 5.73 Å². The number of anilines is 1. The van der Waals surface area contributed by atoms with Crippen LogP contribution in [-0.4, -0.2) is 9.97 Å². The third kappa shape index (κ3) is 3.96. The molecule has 0 aliphatic carbocycles. The smallest absolute Gasteiger partial charge is 0.153 e. The number of hydrogen-bond donors (Lipinski definition) is 1. The van der Waals surface area contributed by atoms with Gasteiger partial charge in [-0.15, -0.1) is 0 Å². The molecule has 108 valence electrons. The van der Waals surface area contributed by atoms with Gasteiger partial charge in [-0.3, -0.25) is 0 Å². The zero-order chi connectivity index (χ0) is 15.2. The molecule has 0 amide bonds. The molecule has 3 aromatic rings. The number of aromatic nitrogens is 2. The van der Waals surface area contributed by atoms with Gasteiger partial charge in [-0.05, 0) is 42.0 Å².